The Morgan fingerprint density at radius 2 is 1.82 bits per heavy atom. The lowest BCUT2D eigenvalue weighted by Gasteiger charge is -2.17. The summed E-state index contributed by atoms with van der Waals surface area (Å²) in [5.74, 6) is -3.49. The normalized spacial score (nSPS) is 11.8. The number of rotatable bonds is 8. The van der Waals surface area contributed by atoms with Crippen molar-refractivity contribution in [3.8, 4) is 0 Å². The number of hydrogen-bond donors (Lipinski definition) is 5. The standard InChI is InChI=1S/C25H20N8O7/c1-11-28-15-8-12(2-7-18(15)40-11)10-27-21(35)16-9-17(33-24(29-16)31-32-25(33)39)22(36)30-19(20(26)34)13-3-5-14(6-4-13)23(37)38/h2-9,19H,10H2,1H3,(H2,26,34)(H,27,35)(H,30,36)(H,32,39)(H,37,38)/t19-/m1/s1. The number of aromatic amines is 1. The van der Waals surface area contributed by atoms with Gasteiger partial charge in [0.25, 0.3) is 17.6 Å². The number of nitrogens with two attached hydrogens (primary N) is 1. The van der Waals surface area contributed by atoms with Crippen LogP contribution in [-0.2, 0) is 11.3 Å². The van der Waals surface area contributed by atoms with Crippen LogP contribution in [-0.4, -0.2) is 53.4 Å². The minimum Gasteiger partial charge on any atom is -0.478 e. The molecule has 0 unspecified atom stereocenters. The van der Waals surface area contributed by atoms with E-state index in [0.29, 0.717) is 17.0 Å². The highest BCUT2D eigenvalue weighted by molar-refractivity contribution is 6.00. The van der Waals surface area contributed by atoms with Gasteiger partial charge in [-0.3, -0.25) is 14.4 Å². The fourth-order valence-electron chi connectivity index (χ4n) is 4.01. The minimum absolute atomic E-state index is 0.0363. The van der Waals surface area contributed by atoms with Gasteiger partial charge in [-0.1, -0.05) is 18.2 Å². The van der Waals surface area contributed by atoms with Gasteiger partial charge in [-0.05, 0) is 41.5 Å². The molecule has 0 aliphatic rings. The van der Waals surface area contributed by atoms with Crippen LogP contribution in [0.5, 0.6) is 0 Å². The van der Waals surface area contributed by atoms with Gasteiger partial charge < -0.3 is 25.9 Å². The molecule has 6 N–H and O–H groups in total. The Hall–Kier alpha value is -5.86. The predicted molar refractivity (Wildman–Crippen MR) is 136 cm³/mol. The van der Waals surface area contributed by atoms with Crippen molar-refractivity contribution in [2.75, 3.05) is 0 Å². The Balaban J connectivity index is 1.41. The maximum absolute atomic E-state index is 13.3. The second kappa shape index (κ2) is 10.1. The number of aromatic carboxylic acids is 1. The summed E-state index contributed by atoms with van der Waals surface area (Å²) in [7, 11) is 0. The summed E-state index contributed by atoms with van der Waals surface area (Å²) in [6, 6.07) is 10.1. The van der Waals surface area contributed by atoms with Crippen LogP contribution in [0.2, 0.25) is 0 Å². The van der Waals surface area contributed by atoms with E-state index in [-0.39, 0.29) is 34.8 Å². The first-order valence-electron chi connectivity index (χ1n) is 11.7. The number of carboxylic acids is 1. The van der Waals surface area contributed by atoms with Gasteiger partial charge in [-0.25, -0.2) is 29.1 Å². The molecule has 40 heavy (non-hydrogen) atoms. The monoisotopic (exact) mass is 544 g/mol. The summed E-state index contributed by atoms with van der Waals surface area (Å²) in [6.07, 6.45) is 0. The summed E-state index contributed by atoms with van der Waals surface area (Å²) in [5.41, 5.74) is 6.22. The van der Waals surface area contributed by atoms with Crippen molar-refractivity contribution in [3.63, 3.8) is 0 Å². The largest absolute Gasteiger partial charge is 0.478 e. The highest BCUT2D eigenvalue weighted by Gasteiger charge is 2.25. The smallest absolute Gasteiger partial charge is 0.349 e. The number of carboxylic acid groups (broad SMARTS) is 1. The lowest BCUT2D eigenvalue weighted by Crippen LogP contribution is -2.39. The van der Waals surface area contributed by atoms with Gasteiger partial charge in [0, 0.05) is 13.5 Å². The molecule has 15 heteroatoms. The Bertz CT molecular complexity index is 1870. The number of nitrogens with one attached hydrogen (secondary N) is 3. The number of H-pyrrole nitrogens is 1. The molecule has 1 atom stereocenters. The molecule has 0 aliphatic carbocycles. The quantitative estimate of drug-likeness (QED) is 0.181. The summed E-state index contributed by atoms with van der Waals surface area (Å²) >= 11 is 0. The first-order chi connectivity index (χ1) is 19.1. The SMILES string of the molecule is Cc1nc2cc(CNC(=O)c3cc(C(=O)N[C@@H](C(N)=O)c4ccc(C(=O)O)cc4)n4c(=O)[nH]nc4n3)ccc2o1. The van der Waals surface area contributed by atoms with Crippen LogP contribution < -0.4 is 22.1 Å². The molecule has 0 spiro atoms. The van der Waals surface area contributed by atoms with E-state index in [4.69, 9.17) is 15.3 Å². The fraction of sp³-hybridized carbons (Fsp3) is 0.120. The number of benzene rings is 2. The minimum atomic E-state index is -1.38. The van der Waals surface area contributed by atoms with E-state index >= 15 is 0 Å². The van der Waals surface area contributed by atoms with Crippen LogP contribution in [0.4, 0.5) is 0 Å². The Kier molecular flexibility index (Phi) is 6.53. The van der Waals surface area contributed by atoms with Crippen molar-refractivity contribution in [1.82, 2.24) is 35.2 Å². The molecule has 3 heterocycles. The third-order valence-corrected chi connectivity index (χ3v) is 5.92. The van der Waals surface area contributed by atoms with Crippen LogP contribution in [0.1, 0.15) is 54.4 Å². The van der Waals surface area contributed by atoms with E-state index in [0.717, 1.165) is 16.0 Å². The number of primary amides is 1. The first kappa shape index (κ1) is 25.8. The molecule has 5 aromatic rings. The van der Waals surface area contributed by atoms with E-state index in [1.807, 2.05) is 0 Å². The van der Waals surface area contributed by atoms with Crippen molar-refractivity contribution in [3.05, 3.63) is 93.0 Å². The predicted octanol–water partition coefficient (Wildman–Crippen LogP) is 0.452. The van der Waals surface area contributed by atoms with Gasteiger partial charge in [-0.2, -0.15) is 0 Å². The van der Waals surface area contributed by atoms with Gasteiger partial charge in [0.2, 0.25) is 5.91 Å². The number of oxazole rings is 1. The maximum atomic E-state index is 13.3. The summed E-state index contributed by atoms with van der Waals surface area (Å²) < 4.78 is 6.28. The second-order valence-corrected chi connectivity index (χ2v) is 8.64. The molecule has 0 aliphatic heterocycles. The van der Waals surface area contributed by atoms with E-state index in [1.165, 1.54) is 24.3 Å². The number of hydrogen-bond acceptors (Lipinski definition) is 9. The molecule has 0 saturated carbocycles. The molecule has 0 radical (unpaired) electrons. The van der Waals surface area contributed by atoms with E-state index < -0.39 is 35.4 Å². The van der Waals surface area contributed by atoms with Crippen molar-refractivity contribution < 1.29 is 28.7 Å². The molecule has 5 rings (SSSR count). The summed E-state index contributed by atoms with van der Waals surface area (Å²) in [5, 5.41) is 20.1. The van der Waals surface area contributed by atoms with Gasteiger partial charge in [0.15, 0.2) is 11.5 Å². The zero-order valence-electron chi connectivity index (χ0n) is 20.7. The lowest BCUT2D eigenvalue weighted by atomic mass is 10.0. The molecule has 202 valence electrons. The summed E-state index contributed by atoms with van der Waals surface area (Å²) in [4.78, 5) is 70.2. The highest BCUT2D eigenvalue weighted by Crippen LogP contribution is 2.18. The van der Waals surface area contributed by atoms with Crippen LogP contribution >= 0.6 is 0 Å². The van der Waals surface area contributed by atoms with Crippen molar-refractivity contribution in [1.29, 1.82) is 0 Å². The summed E-state index contributed by atoms with van der Waals surface area (Å²) in [6.45, 7) is 1.82. The molecule has 2 aromatic carbocycles. The molecule has 0 fully saturated rings. The second-order valence-electron chi connectivity index (χ2n) is 8.64. The zero-order chi connectivity index (χ0) is 28.6. The molecule has 0 saturated heterocycles. The lowest BCUT2D eigenvalue weighted by molar-refractivity contribution is -0.120. The number of aryl methyl sites for hydroxylation is 1. The zero-order valence-corrected chi connectivity index (χ0v) is 20.7. The number of carbonyl (C=O) groups is 4. The molecular formula is C25H20N8O7. The van der Waals surface area contributed by atoms with Crippen LogP contribution in [0.3, 0.4) is 0 Å². The topological polar surface area (TPSA) is 228 Å². The van der Waals surface area contributed by atoms with Gasteiger partial charge in [0.05, 0.1) is 5.56 Å². The Labute approximate surface area is 223 Å². The third kappa shape index (κ3) is 4.98. The van der Waals surface area contributed by atoms with Gasteiger partial charge >= 0.3 is 11.7 Å². The van der Waals surface area contributed by atoms with Crippen molar-refractivity contribution in [2.24, 2.45) is 5.73 Å². The molecule has 0 bridgehead atoms. The maximum Gasteiger partial charge on any atom is 0.349 e. The molecular weight excluding hydrogens is 524 g/mol. The van der Waals surface area contributed by atoms with Crippen molar-refractivity contribution in [2.45, 2.75) is 19.5 Å². The fourth-order valence-corrected chi connectivity index (χ4v) is 4.01. The molecule has 15 nitrogen and oxygen atoms in total. The average Bonchev–Trinajstić information content (AvgIpc) is 3.50. The van der Waals surface area contributed by atoms with E-state index in [1.54, 1.807) is 25.1 Å². The molecule has 3 amide bonds. The van der Waals surface area contributed by atoms with E-state index in [9.17, 15) is 24.0 Å². The number of carbonyl (C=O) groups excluding carboxylic acids is 3. The first-order valence-corrected chi connectivity index (χ1v) is 11.7. The van der Waals surface area contributed by atoms with Crippen LogP contribution in [0.15, 0.2) is 57.7 Å². The Morgan fingerprint density at radius 1 is 1.07 bits per heavy atom. The molecule has 3 aromatic heterocycles. The average molecular weight is 544 g/mol. The third-order valence-electron chi connectivity index (χ3n) is 5.92. The van der Waals surface area contributed by atoms with E-state index in [2.05, 4.69) is 30.8 Å². The number of amides is 3. The van der Waals surface area contributed by atoms with Crippen LogP contribution in [0, 0.1) is 6.92 Å². The number of fused-ring (bicyclic) bond motifs is 2. The van der Waals surface area contributed by atoms with Gasteiger partial charge in [-0.15, -0.1) is 5.10 Å². The highest BCUT2D eigenvalue weighted by atomic mass is 16.4. The van der Waals surface area contributed by atoms with Crippen LogP contribution in [0.25, 0.3) is 16.9 Å². The van der Waals surface area contributed by atoms with Gasteiger partial charge in [0.1, 0.15) is 22.9 Å². The Morgan fingerprint density at radius 3 is 2.52 bits per heavy atom. The van der Waals surface area contributed by atoms with Crippen molar-refractivity contribution >= 4 is 40.6 Å². The number of nitrogens with zero attached hydrogens (tertiary/aromatic N) is 4. The number of aromatic nitrogens is 5.